The molecule has 92 valence electrons. The lowest BCUT2D eigenvalue weighted by Gasteiger charge is -2.22. The summed E-state index contributed by atoms with van der Waals surface area (Å²) in [5, 5.41) is 5.39. The maximum Gasteiger partial charge on any atom is 0.156 e. The highest BCUT2D eigenvalue weighted by atomic mass is 32.2. The number of nitrogens with zero attached hydrogens (tertiary/aromatic N) is 1. The maximum atomic E-state index is 5.36. The number of nitrogens with one attached hydrogen (secondary N) is 1. The summed E-state index contributed by atoms with van der Waals surface area (Å²) in [4.78, 5) is 4.56. The number of hydrogen-bond acceptors (Lipinski definition) is 4. The predicted molar refractivity (Wildman–Crippen MR) is 70.1 cm³/mol. The maximum absolute atomic E-state index is 5.36. The van der Waals surface area contributed by atoms with E-state index in [4.69, 9.17) is 4.74 Å². The van der Waals surface area contributed by atoms with Gasteiger partial charge < -0.3 is 10.1 Å². The molecule has 0 aromatic heterocycles. The molecule has 1 saturated heterocycles. The Morgan fingerprint density at radius 2 is 2.25 bits per heavy atom. The molecule has 0 bridgehead atoms. The Labute approximate surface area is 102 Å². The summed E-state index contributed by atoms with van der Waals surface area (Å²) in [5.41, 5.74) is 0. The van der Waals surface area contributed by atoms with Crippen molar-refractivity contribution in [3.05, 3.63) is 0 Å². The highest BCUT2D eigenvalue weighted by Gasteiger charge is 2.20. The van der Waals surface area contributed by atoms with Crippen molar-refractivity contribution in [2.45, 2.75) is 37.9 Å². The normalized spacial score (nSPS) is 26.8. The Balaban J connectivity index is 1.63. The quantitative estimate of drug-likeness (QED) is 0.821. The molecule has 2 heterocycles. The van der Waals surface area contributed by atoms with Crippen molar-refractivity contribution in [3.8, 4) is 0 Å². The van der Waals surface area contributed by atoms with Crippen molar-refractivity contribution in [3.63, 3.8) is 0 Å². The molecule has 0 spiro atoms. The zero-order chi connectivity index (χ0) is 11.2. The van der Waals surface area contributed by atoms with Gasteiger partial charge in [-0.1, -0.05) is 25.1 Å². The van der Waals surface area contributed by atoms with E-state index in [2.05, 4.69) is 17.2 Å². The minimum absolute atomic E-state index is 0.724. The number of thioether (sulfide) groups is 1. The van der Waals surface area contributed by atoms with Gasteiger partial charge in [0.05, 0.1) is 6.54 Å². The van der Waals surface area contributed by atoms with Crippen LogP contribution in [0.15, 0.2) is 4.99 Å². The van der Waals surface area contributed by atoms with Gasteiger partial charge in [-0.05, 0) is 25.2 Å². The van der Waals surface area contributed by atoms with E-state index in [-0.39, 0.29) is 0 Å². The Kier molecular flexibility index (Phi) is 4.97. The molecule has 1 unspecified atom stereocenters. The highest BCUT2D eigenvalue weighted by molar-refractivity contribution is 8.14. The van der Waals surface area contributed by atoms with E-state index in [0.717, 1.165) is 37.5 Å². The summed E-state index contributed by atoms with van der Waals surface area (Å²) in [6.07, 6.45) is 4.95. The number of hydrogen-bond donors (Lipinski definition) is 1. The molecule has 2 aliphatic rings. The summed E-state index contributed by atoms with van der Waals surface area (Å²) in [6.45, 7) is 6.20. The average Bonchev–Trinajstić information content (AvgIpc) is 2.76. The number of rotatable bonds is 4. The molecule has 0 amide bonds. The minimum atomic E-state index is 0.724. The van der Waals surface area contributed by atoms with Crippen LogP contribution in [0.2, 0.25) is 0 Å². The van der Waals surface area contributed by atoms with Crippen LogP contribution in [-0.2, 0) is 4.74 Å². The van der Waals surface area contributed by atoms with Crippen LogP contribution >= 0.6 is 11.8 Å². The summed E-state index contributed by atoms with van der Waals surface area (Å²) in [7, 11) is 0. The molecule has 0 saturated carbocycles. The van der Waals surface area contributed by atoms with Crippen LogP contribution < -0.4 is 5.32 Å². The molecule has 1 fully saturated rings. The van der Waals surface area contributed by atoms with E-state index >= 15 is 0 Å². The van der Waals surface area contributed by atoms with Crippen LogP contribution in [0, 0.1) is 5.92 Å². The van der Waals surface area contributed by atoms with E-state index in [1.165, 1.54) is 30.9 Å². The van der Waals surface area contributed by atoms with E-state index in [1.54, 1.807) is 0 Å². The predicted octanol–water partition coefficient (Wildman–Crippen LogP) is 2.27. The molecule has 1 atom stereocenters. The highest BCUT2D eigenvalue weighted by Crippen LogP contribution is 2.24. The third-order valence-electron chi connectivity index (χ3n) is 3.21. The molecule has 0 aliphatic carbocycles. The fraction of sp³-hybridized carbons (Fsp3) is 0.917. The smallest absolute Gasteiger partial charge is 0.156 e. The number of amidine groups is 1. The summed E-state index contributed by atoms with van der Waals surface area (Å²) >= 11 is 1.93. The van der Waals surface area contributed by atoms with E-state index < -0.39 is 0 Å². The van der Waals surface area contributed by atoms with Crippen LogP contribution in [0.3, 0.4) is 0 Å². The van der Waals surface area contributed by atoms with Gasteiger partial charge in [0.1, 0.15) is 0 Å². The average molecular weight is 242 g/mol. The largest absolute Gasteiger partial charge is 0.381 e. The van der Waals surface area contributed by atoms with Crippen molar-refractivity contribution in [2.24, 2.45) is 10.9 Å². The van der Waals surface area contributed by atoms with E-state index in [9.17, 15) is 0 Å². The zero-order valence-corrected chi connectivity index (χ0v) is 10.9. The van der Waals surface area contributed by atoms with Gasteiger partial charge in [0.2, 0.25) is 0 Å². The lowest BCUT2D eigenvalue weighted by Crippen LogP contribution is -2.30. The molecule has 3 nitrogen and oxygen atoms in total. The zero-order valence-electron chi connectivity index (χ0n) is 10.1. The van der Waals surface area contributed by atoms with Gasteiger partial charge in [0, 0.05) is 25.0 Å². The van der Waals surface area contributed by atoms with Gasteiger partial charge in [-0.25, -0.2) is 0 Å². The summed E-state index contributed by atoms with van der Waals surface area (Å²) in [6, 6.07) is 0. The second-order valence-electron chi connectivity index (χ2n) is 4.61. The fourth-order valence-electron chi connectivity index (χ4n) is 2.17. The molecule has 0 aromatic carbocycles. The second-order valence-corrected chi connectivity index (χ2v) is 5.90. The van der Waals surface area contributed by atoms with Gasteiger partial charge in [-0.15, -0.1) is 0 Å². The lowest BCUT2D eigenvalue weighted by atomic mass is 10.0. The molecular formula is C12H22N2OS. The molecule has 4 heteroatoms. The first-order chi connectivity index (χ1) is 7.88. The molecule has 2 aliphatic heterocycles. The first-order valence-electron chi connectivity index (χ1n) is 6.41. The molecule has 0 radical (unpaired) electrons. The summed E-state index contributed by atoms with van der Waals surface area (Å²) in [5.74, 6) is 0.780. The first kappa shape index (κ1) is 12.2. The fourth-order valence-corrected chi connectivity index (χ4v) is 3.30. The number of aliphatic imine (C=N–C) groups is 1. The molecule has 2 rings (SSSR count). The lowest BCUT2D eigenvalue weighted by molar-refractivity contribution is 0.0676. The van der Waals surface area contributed by atoms with Gasteiger partial charge in [-0.3, -0.25) is 4.99 Å². The van der Waals surface area contributed by atoms with Gasteiger partial charge in [0.15, 0.2) is 5.17 Å². The van der Waals surface area contributed by atoms with Crippen LogP contribution in [0.25, 0.3) is 0 Å². The van der Waals surface area contributed by atoms with Crippen molar-refractivity contribution in [1.29, 1.82) is 0 Å². The van der Waals surface area contributed by atoms with E-state index in [0.29, 0.717) is 0 Å². The Morgan fingerprint density at radius 1 is 1.44 bits per heavy atom. The molecular weight excluding hydrogens is 220 g/mol. The monoisotopic (exact) mass is 242 g/mol. The van der Waals surface area contributed by atoms with Crippen LogP contribution in [0.4, 0.5) is 0 Å². The molecule has 1 N–H and O–H groups in total. The Bertz CT molecular complexity index is 239. The van der Waals surface area contributed by atoms with Crippen LogP contribution in [0.1, 0.15) is 32.6 Å². The molecule has 16 heavy (non-hydrogen) atoms. The third kappa shape index (κ3) is 3.67. The van der Waals surface area contributed by atoms with Crippen LogP contribution in [0.5, 0.6) is 0 Å². The van der Waals surface area contributed by atoms with Gasteiger partial charge in [0.25, 0.3) is 0 Å². The first-order valence-corrected chi connectivity index (χ1v) is 7.29. The standard InChI is InChI=1S/C12H22N2OS/c1-2-3-11-9-14-12(16-11)13-8-10-4-6-15-7-5-10/h10-11H,2-9H2,1H3,(H,13,14). The third-order valence-corrected chi connectivity index (χ3v) is 4.43. The van der Waals surface area contributed by atoms with Crippen molar-refractivity contribution >= 4 is 16.9 Å². The van der Waals surface area contributed by atoms with Gasteiger partial charge >= 0.3 is 0 Å². The van der Waals surface area contributed by atoms with E-state index in [1.807, 2.05) is 11.8 Å². The second kappa shape index (κ2) is 6.50. The topological polar surface area (TPSA) is 33.6 Å². The Morgan fingerprint density at radius 3 is 3.00 bits per heavy atom. The SMILES string of the molecule is CCCC1CN=C(NCC2CCOCC2)S1. The Hall–Kier alpha value is -0.220. The van der Waals surface area contributed by atoms with Gasteiger partial charge in [-0.2, -0.15) is 0 Å². The van der Waals surface area contributed by atoms with Crippen LogP contribution in [-0.4, -0.2) is 36.7 Å². The van der Waals surface area contributed by atoms with Crippen molar-refractivity contribution in [2.75, 3.05) is 26.3 Å². The molecule has 0 aromatic rings. The summed E-state index contributed by atoms with van der Waals surface area (Å²) < 4.78 is 5.36. The minimum Gasteiger partial charge on any atom is -0.381 e. The van der Waals surface area contributed by atoms with Crippen molar-refractivity contribution in [1.82, 2.24) is 5.32 Å². The van der Waals surface area contributed by atoms with Crippen molar-refractivity contribution < 1.29 is 4.74 Å². The number of ether oxygens (including phenoxy) is 1.